The van der Waals surface area contributed by atoms with Crippen molar-refractivity contribution >= 4 is 41.1 Å². The van der Waals surface area contributed by atoms with Gasteiger partial charge in [-0.25, -0.2) is 14.6 Å². The molecular formula is C35H52N8O7. The predicted molar refractivity (Wildman–Crippen MR) is 189 cm³/mol. The number of aromatic amines is 1. The molecule has 0 aliphatic rings. The van der Waals surface area contributed by atoms with Crippen molar-refractivity contribution in [2.75, 3.05) is 31.5 Å². The van der Waals surface area contributed by atoms with Crippen LogP contribution in [0.5, 0.6) is 0 Å². The standard InChI is InChI=1S/C35H52N8O7/c1-5-6-7-8-9-10-11-12-16-19-36-22-27(44)43(21-20-37-33(47)50-35(2,3)4)28(45)23-42-25-38-29-30(42)39-32(40-31(29)46)41-34(48)49-24-26-17-14-13-15-18-26/h13-15,17-18,25,36H,5-12,16,19-24H2,1-4H3,(H,37,47)(H2,39,40,41,46,48). The number of hydrogen-bond acceptors (Lipinski definition) is 10. The van der Waals surface area contributed by atoms with Gasteiger partial charge in [0.2, 0.25) is 17.8 Å². The molecule has 0 saturated carbocycles. The first-order valence-corrected chi connectivity index (χ1v) is 17.4. The Morgan fingerprint density at radius 2 is 1.58 bits per heavy atom. The summed E-state index contributed by atoms with van der Waals surface area (Å²) < 4.78 is 11.8. The molecule has 50 heavy (non-hydrogen) atoms. The first-order chi connectivity index (χ1) is 24.0. The van der Waals surface area contributed by atoms with E-state index in [0.29, 0.717) is 6.54 Å². The topological polar surface area (TPSA) is 190 Å². The first kappa shape index (κ1) is 39.6. The number of anilines is 1. The molecule has 4 amide bonds. The van der Waals surface area contributed by atoms with E-state index >= 15 is 0 Å². The van der Waals surface area contributed by atoms with Crippen LogP contribution in [0.3, 0.4) is 0 Å². The smallest absolute Gasteiger partial charge is 0.414 e. The minimum absolute atomic E-state index is 0.00623. The molecule has 0 unspecified atom stereocenters. The number of fused-ring (bicyclic) bond motifs is 1. The Morgan fingerprint density at radius 1 is 0.900 bits per heavy atom. The molecule has 15 heteroatoms. The van der Waals surface area contributed by atoms with Crippen molar-refractivity contribution in [1.29, 1.82) is 0 Å². The number of carbonyl (C=O) groups excluding carboxylic acids is 4. The third-order valence-corrected chi connectivity index (χ3v) is 7.55. The molecular weight excluding hydrogens is 644 g/mol. The van der Waals surface area contributed by atoms with Gasteiger partial charge in [-0.05, 0) is 39.3 Å². The number of nitrogens with one attached hydrogen (secondary N) is 4. The van der Waals surface area contributed by atoms with Crippen LogP contribution in [0.15, 0.2) is 41.5 Å². The molecule has 274 valence electrons. The average Bonchev–Trinajstić information content (AvgIpc) is 3.46. The lowest BCUT2D eigenvalue weighted by Gasteiger charge is -2.23. The molecule has 0 fully saturated rings. The van der Waals surface area contributed by atoms with Crippen molar-refractivity contribution in [1.82, 2.24) is 35.1 Å². The maximum atomic E-state index is 13.6. The number of hydrogen-bond donors (Lipinski definition) is 4. The number of unbranched alkanes of at least 4 members (excludes halogenated alkanes) is 8. The van der Waals surface area contributed by atoms with E-state index in [1.807, 2.05) is 18.2 Å². The highest BCUT2D eigenvalue weighted by atomic mass is 16.6. The van der Waals surface area contributed by atoms with Crippen LogP contribution in [-0.2, 0) is 32.2 Å². The number of ether oxygens (including phenoxy) is 2. The summed E-state index contributed by atoms with van der Waals surface area (Å²) in [7, 11) is 0. The van der Waals surface area contributed by atoms with Crippen molar-refractivity contribution in [3.63, 3.8) is 0 Å². The number of imidazole rings is 1. The minimum Gasteiger partial charge on any atom is -0.444 e. The van der Waals surface area contributed by atoms with Crippen LogP contribution in [0.1, 0.15) is 91.0 Å². The fourth-order valence-corrected chi connectivity index (χ4v) is 5.04. The van der Waals surface area contributed by atoms with Gasteiger partial charge < -0.3 is 24.7 Å². The second-order valence-electron chi connectivity index (χ2n) is 13.0. The summed E-state index contributed by atoms with van der Waals surface area (Å²) in [4.78, 5) is 75.9. The van der Waals surface area contributed by atoms with E-state index in [1.165, 1.54) is 49.4 Å². The molecule has 4 N–H and O–H groups in total. The van der Waals surface area contributed by atoms with Gasteiger partial charge in [0, 0.05) is 13.1 Å². The van der Waals surface area contributed by atoms with Gasteiger partial charge in [0.25, 0.3) is 5.56 Å². The fourth-order valence-electron chi connectivity index (χ4n) is 5.04. The lowest BCUT2D eigenvalue weighted by atomic mass is 10.1. The van der Waals surface area contributed by atoms with Gasteiger partial charge in [0.05, 0.1) is 12.9 Å². The van der Waals surface area contributed by atoms with Crippen LogP contribution >= 0.6 is 0 Å². The maximum absolute atomic E-state index is 13.6. The van der Waals surface area contributed by atoms with Gasteiger partial charge in [-0.2, -0.15) is 4.98 Å². The number of carbonyl (C=O) groups is 4. The van der Waals surface area contributed by atoms with E-state index in [4.69, 9.17) is 9.47 Å². The molecule has 0 aliphatic heterocycles. The lowest BCUT2D eigenvalue weighted by Crippen LogP contribution is -2.47. The van der Waals surface area contributed by atoms with Crippen molar-refractivity contribution in [3.05, 3.63) is 52.6 Å². The molecule has 0 aliphatic carbocycles. The normalized spacial score (nSPS) is 11.3. The molecule has 2 heterocycles. The Kier molecular flexibility index (Phi) is 16.4. The highest BCUT2D eigenvalue weighted by molar-refractivity contribution is 5.96. The number of benzene rings is 1. The lowest BCUT2D eigenvalue weighted by molar-refractivity contribution is -0.144. The Hall–Kier alpha value is -4.79. The first-order valence-electron chi connectivity index (χ1n) is 17.4. The Balaban J connectivity index is 1.61. The van der Waals surface area contributed by atoms with E-state index in [-0.39, 0.29) is 49.9 Å². The summed E-state index contributed by atoms with van der Waals surface area (Å²) in [5, 5.41) is 8.09. The third kappa shape index (κ3) is 14.4. The van der Waals surface area contributed by atoms with Crippen molar-refractivity contribution < 1.29 is 28.7 Å². The summed E-state index contributed by atoms with van der Waals surface area (Å²) >= 11 is 0. The van der Waals surface area contributed by atoms with Gasteiger partial charge >= 0.3 is 12.2 Å². The van der Waals surface area contributed by atoms with E-state index < -0.39 is 35.2 Å². The van der Waals surface area contributed by atoms with E-state index in [1.54, 1.807) is 32.9 Å². The van der Waals surface area contributed by atoms with Crippen LogP contribution in [0.2, 0.25) is 0 Å². The molecule has 0 saturated heterocycles. The minimum atomic E-state index is -0.845. The number of nitrogens with zero attached hydrogens (tertiary/aromatic N) is 4. The van der Waals surface area contributed by atoms with Crippen LogP contribution in [-0.4, -0.2) is 80.2 Å². The number of H-pyrrole nitrogens is 1. The summed E-state index contributed by atoms with van der Waals surface area (Å²) in [5.74, 6) is -1.29. The zero-order chi connectivity index (χ0) is 36.4. The summed E-state index contributed by atoms with van der Waals surface area (Å²) in [6.07, 6.45) is 10.4. The Bertz CT molecular complexity index is 1580. The monoisotopic (exact) mass is 696 g/mol. The van der Waals surface area contributed by atoms with E-state index in [2.05, 4.69) is 37.8 Å². The van der Waals surface area contributed by atoms with Crippen LogP contribution in [0, 0.1) is 0 Å². The SMILES string of the molecule is CCCCCCCCCCCNCC(=O)N(CCNC(=O)OC(C)(C)C)C(=O)Cn1cnc2c(=O)[nH]c(NC(=O)OCc3ccccc3)nc21. The predicted octanol–water partition coefficient (Wildman–Crippen LogP) is 4.87. The quantitative estimate of drug-likeness (QED) is 0.119. The molecule has 0 atom stereocenters. The zero-order valence-electron chi connectivity index (χ0n) is 29.7. The number of imide groups is 1. The second kappa shape index (κ2) is 20.7. The summed E-state index contributed by atoms with van der Waals surface area (Å²) in [6, 6.07) is 9.06. The van der Waals surface area contributed by atoms with E-state index in [9.17, 15) is 24.0 Å². The molecule has 0 spiro atoms. The molecule has 2 aromatic heterocycles. The number of aromatic nitrogens is 4. The van der Waals surface area contributed by atoms with Gasteiger partial charge in [-0.15, -0.1) is 0 Å². The Morgan fingerprint density at radius 3 is 2.26 bits per heavy atom. The fraction of sp³-hybridized carbons (Fsp3) is 0.571. The average molecular weight is 697 g/mol. The Labute approximate surface area is 292 Å². The van der Waals surface area contributed by atoms with Crippen LogP contribution in [0.25, 0.3) is 11.2 Å². The van der Waals surface area contributed by atoms with Gasteiger partial charge in [-0.1, -0.05) is 88.6 Å². The number of amides is 4. The number of rotatable bonds is 20. The highest BCUT2D eigenvalue weighted by Crippen LogP contribution is 2.12. The molecule has 3 rings (SSSR count). The maximum Gasteiger partial charge on any atom is 0.414 e. The second-order valence-corrected chi connectivity index (χ2v) is 13.0. The van der Waals surface area contributed by atoms with Gasteiger partial charge in [0.15, 0.2) is 11.2 Å². The highest BCUT2D eigenvalue weighted by Gasteiger charge is 2.24. The van der Waals surface area contributed by atoms with Gasteiger partial charge in [0.1, 0.15) is 18.8 Å². The van der Waals surface area contributed by atoms with Crippen molar-refractivity contribution in [2.45, 2.75) is 104 Å². The largest absolute Gasteiger partial charge is 0.444 e. The molecule has 0 bridgehead atoms. The van der Waals surface area contributed by atoms with Crippen LogP contribution in [0.4, 0.5) is 15.5 Å². The zero-order valence-corrected chi connectivity index (χ0v) is 29.7. The molecule has 1 aromatic carbocycles. The number of alkyl carbamates (subject to hydrolysis) is 1. The van der Waals surface area contributed by atoms with Crippen molar-refractivity contribution in [3.8, 4) is 0 Å². The third-order valence-electron chi connectivity index (χ3n) is 7.55. The summed E-state index contributed by atoms with van der Waals surface area (Å²) in [6.45, 7) is 7.42. The van der Waals surface area contributed by atoms with Gasteiger partial charge in [-0.3, -0.25) is 29.6 Å². The molecule has 3 aromatic rings. The summed E-state index contributed by atoms with van der Waals surface area (Å²) in [5.41, 5.74) is -0.630. The van der Waals surface area contributed by atoms with E-state index in [0.717, 1.165) is 29.7 Å². The van der Waals surface area contributed by atoms with Crippen LogP contribution < -0.4 is 21.5 Å². The molecule has 0 radical (unpaired) electrons. The van der Waals surface area contributed by atoms with Crippen molar-refractivity contribution in [2.24, 2.45) is 0 Å². The molecule has 15 nitrogen and oxygen atoms in total.